The molecule has 11 heteroatoms. The largest absolute Gasteiger partial charge is 0.481 e. The Morgan fingerprint density at radius 1 is 1.43 bits per heavy atom. The fourth-order valence-electron chi connectivity index (χ4n) is 2.68. The molecule has 1 aliphatic heterocycles. The Morgan fingerprint density at radius 2 is 2.07 bits per heavy atom. The second kappa shape index (κ2) is 9.03. The predicted octanol–water partition coefficient (Wildman–Crippen LogP) is -1.17. The van der Waals surface area contributed by atoms with E-state index >= 15 is 0 Å². The summed E-state index contributed by atoms with van der Waals surface area (Å²) in [5.74, 6) is 3.95. The monoisotopic (exact) mass is 411 g/mol. The molecular weight excluding hydrogens is 390 g/mol. The molecule has 1 aromatic rings. The second-order valence-corrected chi connectivity index (χ2v) is 7.98. The maximum Gasteiger partial charge on any atom is 0.263 e. The Kier molecular flexibility index (Phi) is 6.98. The van der Waals surface area contributed by atoms with Crippen LogP contribution in [0.3, 0.4) is 0 Å². The highest BCUT2D eigenvalue weighted by atomic mass is 32.2. The van der Waals surface area contributed by atoms with Crippen molar-refractivity contribution in [1.82, 2.24) is 15.1 Å². The van der Waals surface area contributed by atoms with Crippen molar-refractivity contribution in [2.24, 2.45) is 0 Å². The van der Waals surface area contributed by atoms with E-state index in [1.165, 1.54) is 43.6 Å². The van der Waals surface area contributed by atoms with Gasteiger partial charge in [-0.15, -0.1) is 0 Å². The Labute approximate surface area is 162 Å². The maximum absolute atomic E-state index is 12.9. The topological polar surface area (TPSA) is 145 Å². The van der Waals surface area contributed by atoms with Crippen molar-refractivity contribution in [2.75, 3.05) is 13.2 Å². The van der Waals surface area contributed by atoms with Crippen LogP contribution in [0.1, 0.15) is 13.8 Å². The number of hydroxylamine groups is 1. The van der Waals surface area contributed by atoms with Crippen LogP contribution in [0.5, 0.6) is 5.75 Å². The van der Waals surface area contributed by atoms with Gasteiger partial charge in [0.1, 0.15) is 24.5 Å². The standard InChI is InChI=1S/C17H21N3O7S/c1-11(21)4-3-9-27-13-5-7-14(8-6-13)28(25,26)20-10-15(22)18-12(2)16(20)17(23)19-24/h5-8,11-12,16,21,24H,9-10H2,1-2H3,(H,18,22)(H,19,23). The van der Waals surface area contributed by atoms with Crippen LogP contribution >= 0.6 is 0 Å². The zero-order valence-corrected chi connectivity index (χ0v) is 16.1. The molecule has 0 aliphatic carbocycles. The number of benzene rings is 1. The highest BCUT2D eigenvalue weighted by Gasteiger charge is 2.44. The van der Waals surface area contributed by atoms with Crippen molar-refractivity contribution in [2.45, 2.75) is 36.9 Å². The molecule has 1 saturated heterocycles. The number of aliphatic hydroxyl groups is 1. The number of amides is 2. The van der Waals surface area contributed by atoms with Gasteiger partial charge in [0, 0.05) is 0 Å². The SMILES string of the molecule is CC(O)C#CCOc1ccc(S(=O)(=O)N2CC(=O)NC(C)C2C(=O)NO)cc1. The van der Waals surface area contributed by atoms with Gasteiger partial charge in [-0.05, 0) is 38.1 Å². The molecule has 4 N–H and O–H groups in total. The first-order valence-corrected chi connectivity index (χ1v) is 9.75. The fraction of sp³-hybridized carbons (Fsp3) is 0.412. The number of aliphatic hydroxyl groups excluding tert-OH is 1. The smallest absolute Gasteiger partial charge is 0.263 e. The van der Waals surface area contributed by atoms with E-state index in [1.807, 2.05) is 0 Å². The average Bonchev–Trinajstić information content (AvgIpc) is 2.64. The summed E-state index contributed by atoms with van der Waals surface area (Å²) in [6.07, 6.45) is -0.774. The Balaban J connectivity index is 2.23. The van der Waals surface area contributed by atoms with Gasteiger partial charge in [0.25, 0.3) is 5.91 Å². The van der Waals surface area contributed by atoms with Gasteiger partial charge in [0.15, 0.2) is 0 Å². The number of hydrogen-bond acceptors (Lipinski definition) is 7. The Bertz CT molecular complexity index is 888. The summed E-state index contributed by atoms with van der Waals surface area (Å²) in [5, 5.41) is 20.4. The molecular formula is C17H21N3O7S. The Morgan fingerprint density at radius 3 is 2.64 bits per heavy atom. The van der Waals surface area contributed by atoms with E-state index in [-0.39, 0.29) is 11.5 Å². The zero-order valence-electron chi connectivity index (χ0n) is 15.2. The van der Waals surface area contributed by atoms with Gasteiger partial charge >= 0.3 is 0 Å². The lowest BCUT2D eigenvalue weighted by Crippen LogP contribution is -2.65. The van der Waals surface area contributed by atoms with Crippen molar-refractivity contribution < 1.29 is 33.1 Å². The van der Waals surface area contributed by atoms with Crippen LogP contribution in [0.4, 0.5) is 0 Å². The van der Waals surface area contributed by atoms with E-state index in [4.69, 9.17) is 15.1 Å². The number of piperazine rings is 1. The lowest BCUT2D eigenvalue weighted by Gasteiger charge is -2.37. The van der Waals surface area contributed by atoms with Gasteiger partial charge in [0.05, 0.1) is 17.5 Å². The fourth-order valence-corrected chi connectivity index (χ4v) is 4.29. The summed E-state index contributed by atoms with van der Waals surface area (Å²) in [6.45, 7) is 2.43. The molecule has 0 saturated carbocycles. The third-order valence-corrected chi connectivity index (χ3v) is 5.74. The third kappa shape index (κ3) is 4.99. The summed E-state index contributed by atoms with van der Waals surface area (Å²) in [6, 6.07) is 3.23. The molecule has 2 amide bonds. The van der Waals surface area contributed by atoms with Gasteiger partial charge in [-0.1, -0.05) is 11.8 Å². The Hall–Kier alpha value is -2.65. The van der Waals surface area contributed by atoms with Gasteiger partial charge in [0.2, 0.25) is 15.9 Å². The maximum atomic E-state index is 12.9. The predicted molar refractivity (Wildman–Crippen MR) is 96.6 cm³/mol. The molecule has 152 valence electrons. The molecule has 28 heavy (non-hydrogen) atoms. The number of carbonyl (C=O) groups excluding carboxylic acids is 2. The molecule has 0 radical (unpaired) electrons. The molecule has 0 aromatic heterocycles. The number of nitrogens with zero attached hydrogens (tertiary/aromatic N) is 1. The highest BCUT2D eigenvalue weighted by Crippen LogP contribution is 2.24. The average molecular weight is 411 g/mol. The van der Waals surface area contributed by atoms with Crippen molar-refractivity contribution >= 4 is 21.8 Å². The van der Waals surface area contributed by atoms with Crippen LogP contribution in [0.25, 0.3) is 0 Å². The van der Waals surface area contributed by atoms with Crippen LogP contribution in [-0.2, 0) is 19.6 Å². The number of ether oxygens (including phenoxy) is 1. The van der Waals surface area contributed by atoms with Crippen molar-refractivity contribution in [3.05, 3.63) is 24.3 Å². The minimum atomic E-state index is -4.20. The van der Waals surface area contributed by atoms with Crippen LogP contribution < -0.4 is 15.5 Å². The third-order valence-electron chi connectivity index (χ3n) is 3.90. The van der Waals surface area contributed by atoms with Crippen molar-refractivity contribution in [3.8, 4) is 17.6 Å². The molecule has 2 rings (SSSR count). The number of sulfonamides is 1. The summed E-state index contributed by atoms with van der Waals surface area (Å²) < 4.78 is 32.0. The highest BCUT2D eigenvalue weighted by molar-refractivity contribution is 7.89. The van der Waals surface area contributed by atoms with Crippen LogP contribution in [0.15, 0.2) is 29.2 Å². The first-order valence-electron chi connectivity index (χ1n) is 8.31. The van der Waals surface area contributed by atoms with Gasteiger partial charge in [-0.2, -0.15) is 4.31 Å². The normalized spacial score (nSPS) is 21.1. The number of nitrogens with one attached hydrogen (secondary N) is 2. The lowest BCUT2D eigenvalue weighted by atomic mass is 10.1. The van der Waals surface area contributed by atoms with Gasteiger partial charge in [-0.3, -0.25) is 14.8 Å². The van der Waals surface area contributed by atoms with E-state index in [0.29, 0.717) is 5.75 Å². The van der Waals surface area contributed by atoms with E-state index in [2.05, 4.69) is 17.2 Å². The molecule has 1 aromatic carbocycles. The number of carbonyl (C=O) groups is 2. The molecule has 3 unspecified atom stereocenters. The van der Waals surface area contributed by atoms with Crippen molar-refractivity contribution in [3.63, 3.8) is 0 Å². The first kappa shape index (κ1) is 21.6. The molecule has 1 heterocycles. The molecule has 10 nitrogen and oxygen atoms in total. The van der Waals surface area contributed by atoms with Gasteiger partial charge < -0.3 is 15.2 Å². The summed E-state index contributed by atoms with van der Waals surface area (Å²) in [5.41, 5.74) is 1.43. The molecule has 1 aliphatic rings. The van der Waals surface area contributed by atoms with Crippen LogP contribution in [0, 0.1) is 11.8 Å². The van der Waals surface area contributed by atoms with E-state index in [1.54, 1.807) is 0 Å². The van der Waals surface area contributed by atoms with E-state index < -0.39 is 46.6 Å². The number of rotatable bonds is 5. The molecule has 0 bridgehead atoms. The molecule has 1 fully saturated rings. The second-order valence-electron chi connectivity index (χ2n) is 6.08. The molecule has 3 atom stereocenters. The van der Waals surface area contributed by atoms with Crippen LogP contribution in [0.2, 0.25) is 0 Å². The molecule has 0 spiro atoms. The zero-order chi connectivity index (χ0) is 20.9. The van der Waals surface area contributed by atoms with Crippen LogP contribution in [-0.4, -0.2) is 66.2 Å². The summed E-state index contributed by atoms with van der Waals surface area (Å²) in [7, 11) is -4.20. The van der Waals surface area contributed by atoms with Crippen molar-refractivity contribution in [1.29, 1.82) is 0 Å². The summed E-state index contributed by atoms with van der Waals surface area (Å²) in [4.78, 5) is 23.6. The minimum Gasteiger partial charge on any atom is -0.481 e. The lowest BCUT2D eigenvalue weighted by molar-refractivity contribution is -0.137. The first-order chi connectivity index (χ1) is 13.2. The van der Waals surface area contributed by atoms with Gasteiger partial charge in [-0.25, -0.2) is 13.9 Å². The number of hydrogen-bond donors (Lipinski definition) is 4. The quantitative estimate of drug-likeness (QED) is 0.271. The summed E-state index contributed by atoms with van der Waals surface area (Å²) >= 11 is 0. The van der Waals surface area contributed by atoms with E-state index in [0.717, 1.165) is 4.31 Å². The minimum absolute atomic E-state index is 0.0134. The van der Waals surface area contributed by atoms with E-state index in [9.17, 15) is 18.0 Å².